The van der Waals surface area contributed by atoms with Crippen LogP contribution in [-0.2, 0) is 11.2 Å². The minimum atomic E-state index is -0.423. The van der Waals surface area contributed by atoms with Crippen molar-refractivity contribution in [3.63, 3.8) is 0 Å². The minimum absolute atomic E-state index is 0.000530. The Morgan fingerprint density at radius 1 is 1.26 bits per heavy atom. The Hall–Kier alpha value is -2.95. The van der Waals surface area contributed by atoms with Crippen LogP contribution in [0.1, 0.15) is 47.0 Å². The number of allylic oxidation sites excluding steroid dienone is 1. The standard InChI is InChI=1S/C16H12N4O2S/c1-9(10(6-17)7-18)5-14(22)20-16-12(8-19)11-3-2-4-13(21)15(11)23-16/h2-5H2,1H3,(H,20,22). The lowest BCUT2D eigenvalue weighted by atomic mass is 9.95. The number of carbonyl (C=O) groups excluding carboxylic acids is 2. The molecule has 1 aromatic heterocycles. The average molecular weight is 324 g/mol. The van der Waals surface area contributed by atoms with Crippen molar-refractivity contribution in [2.45, 2.75) is 32.6 Å². The molecular weight excluding hydrogens is 312 g/mol. The number of amides is 1. The van der Waals surface area contributed by atoms with Crippen LogP contribution in [-0.4, -0.2) is 11.7 Å². The van der Waals surface area contributed by atoms with Gasteiger partial charge < -0.3 is 5.32 Å². The number of rotatable bonds is 3. The van der Waals surface area contributed by atoms with Gasteiger partial charge in [-0.05, 0) is 30.9 Å². The van der Waals surface area contributed by atoms with E-state index in [-0.39, 0.29) is 17.8 Å². The molecule has 1 aliphatic carbocycles. The summed E-state index contributed by atoms with van der Waals surface area (Å²) in [5.74, 6) is -0.423. The number of Topliss-reactive ketones (excluding diaryl/α,β-unsaturated/α-hetero) is 1. The van der Waals surface area contributed by atoms with E-state index in [2.05, 4.69) is 11.4 Å². The summed E-state index contributed by atoms with van der Waals surface area (Å²) in [6.07, 6.45) is 1.71. The lowest BCUT2D eigenvalue weighted by molar-refractivity contribution is -0.115. The van der Waals surface area contributed by atoms with Gasteiger partial charge in [-0.15, -0.1) is 11.3 Å². The van der Waals surface area contributed by atoms with Crippen molar-refractivity contribution in [1.29, 1.82) is 15.8 Å². The Balaban J connectivity index is 2.25. The first-order valence-electron chi connectivity index (χ1n) is 6.90. The number of ketones is 1. The molecule has 0 unspecified atom stereocenters. The molecule has 0 atom stereocenters. The fourth-order valence-corrected chi connectivity index (χ4v) is 3.57. The third-order valence-electron chi connectivity index (χ3n) is 3.53. The predicted octanol–water partition coefficient (Wildman–Crippen LogP) is 2.83. The van der Waals surface area contributed by atoms with Crippen LogP contribution in [0.4, 0.5) is 5.00 Å². The number of anilines is 1. The van der Waals surface area contributed by atoms with Crippen molar-refractivity contribution in [1.82, 2.24) is 0 Å². The van der Waals surface area contributed by atoms with E-state index in [1.807, 2.05) is 0 Å². The molecule has 0 aromatic carbocycles. The second-order valence-corrected chi connectivity index (χ2v) is 6.13. The monoisotopic (exact) mass is 324 g/mol. The number of carbonyl (C=O) groups is 2. The summed E-state index contributed by atoms with van der Waals surface area (Å²) in [6, 6.07) is 5.52. The molecule has 0 radical (unpaired) electrons. The quantitative estimate of drug-likeness (QED) is 0.858. The van der Waals surface area contributed by atoms with Crippen molar-refractivity contribution in [3.8, 4) is 18.2 Å². The Kier molecular flexibility index (Phi) is 4.91. The number of thiophene rings is 1. The van der Waals surface area contributed by atoms with Gasteiger partial charge in [-0.1, -0.05) is 0 Å². The molecule has 6 nitrogen and oxygen atoms in total. The van der Waals surface area contributed by atoms with Gasteiger partial charge in [-0.2, -0.15) is 15.8 Å². The number of nitrogens with one attached hydrogen (secondary N) is 1. The fraction of sp³-hybridized carbons (Fsp3) is 0.312. The Bertz CT molecular complexity index is 827. The van der Waals surface area contributed by atoms with Gasteiger partial charge in [0.2, 0.25) is 5.91 Å². The van der Waals surface area contributed by atoms with E-state index in [1.165, 1.54) is 6.92 Å². The smallest absolute Gasteiger partial charge is 0.229 e. The highest BCUT2D eigenvalue weighted by atomic mass is 32.1. The van der Waals surface area contributed by atoms with E-state index in [0.29, 0.717) is 45.8 Å². The summed E-state index contributed by atoms with van der Waals surface area (Å²) in [6.45, 7) is 1.54. The summed E-state index contributed by atoms with van der Waals surface area (Å²) >= 11 is 1.12. The van der Waals surface area contributed by atoms with Gasteiger partial charge >= 0.3 is 0 Å². The first-order valence-corrected chi connectivity index (χ1v) is 7.72. The molecule has 1 amide bonds. The molecule has 0 bridgehead atoms. The van der Waals surface area contributed by atoms with Crippen LogP contribution in [0.25, 0.3) is 0 Å². The summed E-state index contributed by atoms with van der Waals surface area (Å²) in [4.78, 5) is 24.5. The van der Waals surface area contributed by atoms with E-state index in [0.717, 1.165) is 11.3 Å². The highest BCUT2D eigenvalue weighted by Gasteiger charge is 2.26. The lowest BCUT2D eigenvalue weighted by Gasteiger charge is -2.08. The molecule has 1 aromatic rings. The topological polar surface area (TPSA) is 118 Å². The molecule has 1 aliphatic rings. The third-order valence-corrected chi connectivity index (χ3v) is 4.72. The fourth-order valence-electron chi connectivity index (χ4n) is 2.39. The zero-order valence-electron chi connectivity index (χ0n) is 12.4. The molecule has 114 valence electrons. The van der Waals surface area contributed by atoms with Crippen molar-refractivity contribution in [2.24, 2.45) is 0 Å². The van der Waals surface area contributed by atoms with E-state index in [1.54, 1.807) is 12.1 Å². The summed E-state index contributed by atoms with van der Waals surface area (Å²) in [5, 5.41) is 29.9. The number of fused-ring (bicyclic) bond motifs is 1. The van der Waals surface area contributed by atoms with Gasteiger partial charge in [-0.25, -0.2) is 0 Å². The summed E-state index contributed by atoms with van der Waals surface area (Å²) in [5.41, 5.74) is 1.32. The van der Waals surface area contributed by atoms with Gasteiger partial charge in [0.25, 0.3) is 0 Å². The Labute approximate surface area is 137 Å². The third kappa shape index (κ3) is 3.29. The molecule has 0 fully saturated rings. The molecule has 1 heterocycles. The summed E-state index contributed by atoms with van der Waals surface area (Å²) < 4.78 is 0. The Morgan fingerprint density at radius 2 is 1.96 bits per heavy atom. The maximum atomic E-state index is 12.1. The van der Waals surface area contributed by atoms with Crippen molar-refractivity contribution >= 4 is 28.0 Å². The Morgan fingerprint density at radius 3 is 2.57 bits per heavy atom. The predicted molar refractivity (Wildman–Crippen MR) is 83.5 cm³/mol. The van der Waals surface area contributed by atoms with Crippen LogP contribution in [0.5, 0.6) is 0 Å². The van der Waals surface area contributed by atoms with Crippen LogP contribution in [0, 0.1) is 34.0 Å². The van der Waals surface area contributed by atoms with Gasteiger partial charge in [0.1, 0.15) is 28.8 Å². The van der Waals surface area contributed by atoms with E-state index in [9.17, 15) is 14.9 Å². The highest BCUT2D eigenvalue weighted by Crippen LogP contribution is 2.37. The van der Waals surface area contributed by atoms with Crippen LogP contribution in [0.2, 0.25) is 0 Å². The zero-order chi connectivity index (χ0) is 17.0. The molecule has 2 rings (SSSR count). The second kappa shape index (κ2) is 6.87. The zero-order valence-corrected chi connectivity index (χ0v) is 13.2. The molecule has 0 spiro atoms. The molecule has 0 saturated carbocycles. The number of hydrogen-bond donors (Lipinski definition) is 1. The van der Waals surface area contributed by atoms with Gasteiger partial charge in [-0.3, -0.25) is 9.59 Å². The van der Waals surface area contributed by atoms with Crippen molar-refractivity contribution in [2.75, 3.05) is 5.32 Å². The van der Waals surface area contributed by atoms with Crippen LogP contribution >= 0.6 is 11.3 Å². The van der Waals surface area contributed by atoms with E-state index in [4.69, 9.17) is 10.5 Å². The van der Waals surface area contributed by atoms with Crippen LogP contribution < -0.4 is 5.32 Å². The number of nitrogens with zero attached hydrogens (tertiary/aromatic N) is 3. The normalized spacial score (nSPS) is 12.3. The van der Waals surface area contributed by atoms with Crippen molar-refractivity contribution in [3.05, 3.63) is 27.2 Å². The first kappa shape index (κ1) is 16.4. The number of hydrogen-bond acceptors (Lipinski definition) is 6. The second-order valence-electron chi connectivity index (χ2n) is 5.11. The molecule has 23 heavy (non-hydrogen) atoms. The summed E-state index contributed by atoms with van der Waals surface area (Å²) in [7, 11) is 0. The van der Waals surface area contributed by atoms with Gasteiger partial charge in [0.05, 0.1) is 10.4 Å². The first-order chi connectivity index (χ1) is 11.0. The van der Waals surface area contributed by atoms with E-state index >= 15 is 0 Å². The van der Waals surface area contributed by atoms with Crippen LogP contribution in [0.15, 0.2) is 11.1 Å². The minimum Gasteiger partial charge on any atom is -0.316 e. The van der Waals surface area contributed by atoms with E-state index < -0.39 is 5.91 Å². The SMILES string of the molecule is CC(CC(=O)Nc1sc2c(c1C#N)CCCC2=O)=C(C#N)C#N. The average Bonchev–Trinajstić information content (AvgIpc) is 2.86. The lowest BCUT2D eigenvalue weighted by Crippen LogP contribution is -2.12. The maximum Gasteiger partial charge on any atom is 0.229 e. The van der Waals surface area contributed by atoms with Gasteiger partial charge in [0, 0.05) is 12.8 Å². The van der Waals surface area contributed by atoms with Crippen LogP contribution in [0.3, 0.4) is 0 Å². The highest BCUT2D eigenvalue weighted by molar-refractivity contribution is 7.18. The maximum absolute atomic E-state index is 12.1. The molecular formula is C16H12N4O2S. The molecule has 1 N–H and O–H groups in total. The number of nitriles is 3. The largest absolute Gasteiger partial charge is 0.316 e. The molecule has 0 saturated heterocycles. The molecule has 0 aliphatic heterocycles. The molecule has 7 heteroatoms. The van der Waals surface area contributed by atoms with Gasteiger partial charge in [0.15, 0.2) is 5.78 Å². The van der Waals surface area contributed by atoms with Crippen molar-refractivity contribution < 1.29 is 9.59 Å².